The van der Waals surface area contributed by atoms with Crippen LogP contribution in [0.15, 0.2) is 18.3 Å². The Hall–Kier alpha value is -1.09. The Kier molecular flexibility index (Phi) is 4.00. The van der Waals surface area contributed by atoms with E-state index in [2.05, 4.69) is 11.8 Å². The van der Waals surface area contributed by atoms with Crippen LogP contribution in [0.5, 0.6) is 0 Å². The van der Waals surface area contributed by atoms with Crippen LogP contribution in [0.2, 0.25) is 0 Å². The van der Waals surface area contributed by atoms with Gasteiger partial charge in [0.25, 0.3) is 0 Å². The Bertz CT molecular complexity index is 383. The predicted octanol–water partition coefficient (Wildman–Crippen LogP) is 2.47. The van der Waals surface area contributed by atoms with Gasteiger partial charge in [-0.15, -0.1) is 0 Å². The summed E-state index contributed by atoms with van der Waals surface area (Å²) in [5, 5.41) is 0. The van der Waals surface area contributed by atoms with Crippen LogP contribution in [0.25, 0.3) is 0 Å². The topological polar surface area (TPSA) is 25.2 Å². The number of ketones is 1. The second kappa shape index (κ2) is 5.50. The molecule has 0 spiro atoms. The molecule has 17 heavy (non-hydrogen) atoms. The van der Waals surface area contributed by atoms with Crippen LogP contribution >= 0.6 is 0 Å². The average molecular weight is 234 g/mol. The molecule has 0 N–H and O–H groups in total. The molecule has 3 heteroatoms. The van der Waals surface area contributed by atoms with Crippen molar-refractivity contribution in [2.45, 2.75) is 38.6 Å². The zero-order valence-corrected chi connectivity index (χ0v) is 10.9. The maximum atomic E-state index is 12.2. The van der Waals surface area contributed by atoms with Gasteiger partial charge in [0.15, 0.2) is 5.78 Å². The molecule has 0 amide bonds. The van der Waals surface area contributed by atoms with Gasteiger partial charge in [0, 0.05) is 19.3 Å². The van der Waals surface area contributed by atoms with Crippen molar-refractivity contribution in [3.05, 3.63) is 24.0 Å². The quantitative estimate of drug-likeness (QED) is 0.751. The van der Waals surface area contributed by atoms with E-state index < -0.39 is 0 Å². The number of aryl methyl sites for hydroxylation is 1. The number of rotatable bonds is 3. The van der Waals surface area contributed by atoms with Gasteiger partial charge in [-0.05, 0) is 38.4 Å². The lowest BCUT2D eigenvalue weighted by atomic mass is 10.1. The molecule has 3 nitrogen and oxygen atoms in total. The highest BCUT2D eigenvalue weighted by Gasteiger charge is 2.20. The lowest BCUT2D eigenvalue weighted by Crippen LogP contribution is -2.37. The monoisotopic (exact) mass is 234 g/mol. The zero-order chi connectivity index (χ0) is 12.3. The second-order valence-corrected chi connectivity index (χ2v) is 5.10. The number of carbonyl (C=O) groups excluding carboxylic acids is 1. The Morgan fingerprint density at radius 1 is 1.41 bits per heavy atom. The summed E-state index contributed by atoms with van der Waals surface area (Å²) in [6, 6.07) is 4.38. The van der Waals surface area contributed by atoms with E-state index >= 15 is 0 Å². The van der Waals surface area contributed by atoms with Crippen LogP contribution < -0.4 is 0 Å². The van der Waals surface area contributed by atoms with Crippen LogP contribution in [0, 0.1) is 0 Å². The van der Waals surface area contributed by atoms with Crippen molar-refractivity contribution in [3.8, 4) is 0 Å². The summed E-state index contributed by atoms with van der Waals surface area (Å²) in [6.45, 7) is 3.87. The van der Waals surface area contributed by atoms with Gasteiger partial charge in [-0.25, -0.2) is 0 Å². The first-order valence-corrected chi connectivity index (χ1v) is 6.57. The van der Waals surface area contributed by atoms with Crippen LogP contribution in [-0.2, 0) is 7.05 Å². The molecule has 0 radical (unpaired) electrons. The summed E-state index contributed by atoms with van der Waals surface area (Å²) in [7, 11) is 1.93. The minimum Gasteiger partial charge on any atom is -0.348 e. The van der Waals surface area contributed by atoms with E-state index in [9.17, 15) is 4.79 Å². The average Bonchev–Trinajstić information content (AvgIpc) is 2.63. The van der Waals surface area contributed by atoms with Gasteiger partial charge in [-0.1, -0.05) is 12.8 Å². The van der Waals surface area contributed by atoms with Gasteiger partial charge in [0.2, 0.25) is 0 Å². The number of hydrogen-bond acceptors (Lipinski definition) is 2. The zero-order valence-electron chi connectivity index (χ0n) is 10.9. The fourth-order valence-corrected chi connectivity index (χ4v) is 2.59. The third-order valence-corrected chi connectivity index (χ3v) is 3.77. The van der Waals surface area contributed by atoms with Crippen molar-refractivity contribution in [3.63, 3.8) is 0 Å². The van der Waals surface area contributed by atoms with Crippen molar-refractivity contribution in [1.29, 1.82) is 0 Å². The first-order chi connectivity index (χ1) is 8.18. The first kappa shape index (κ1) is 12.4. The van der Waals surface area contributed by atoms with E-state index in [1.54, 1.807) is 0 Å². The van der Waals surface area contributed by atoms with E-state index in [0.717, 1.165) is 12.2 Å². The lowest BCUT2D eigenvalue weighted by Gasteiger charge is -2.26. The molecular formula is C14H22N2O. The largest absolute Gasteiger partial charge is 0.348 e. The highest BCUT2D eigenvalue weighted by molar-refractivity contribution is 5.96. The Balaban J connectivity index is 2.00. The SMILES string of the molecule is CC1CCCCCN1CC(=O)c1cccn1C. The summed E-state index contributed by atoms with van der Waals surface area (Å²) in [4.78, 5) is 14.5. The van der Waals surface area contributed by atoms with Crippen molar-refractivity contribution < 1.29 is 4.79 Å². The van der Waals surface area contributed by atoms with Crippen molar-refractivity contribution in [2.24, 2.45) is 7.05 Å². The molecule has 1 aliphatic heterocycles. The number of hydrogen-bond donors (Lipinski definition) is 0. The highest BCUT2D eigenvalue weighted by atomic mass is 16.1. The predicted molar refractivity (Wildman–Crippen MR) is 69.2 cm³/mol. The summed E-state index contributed by atoms with van der Waals surface area (Å²) in [6.07, 6.45) is 6.99. The molecule has 94 valence electrons. The normalized spacial score (nSPS) is 22.4. The molecule has 1 saturated heterocycles. The molecule has 2 heterocycles. The molecule has 1 aromatic rings. The van der Waals surface area contributed by atoms with Crippen LogP contribution in [0.4, 0.5) is 0 Å². The van der Waals surface area contributed by atoms with Crippen LogP contribution in [0.1, 0.15) is 43.1 Å². The Morgan fingerprint density at radius 3 is 2.94 bits per heavy atom. The smallest absolute Gasteiger partial charge is 0.193 e. The number of Topliss-reactive ketones (excluding diaryl/α,β-unsaturated/α-hetero) is 1. The number of aromatic nitrogens is 1. The Morgan fingerprint density at radius 2 is 2.24 bits per heavy atom. The third-order valence-electron chi connectivity index (χ3n) is 3.77. The van der Waals surface area contributed by atoms with Crippen LogP contribution in [-0.4, -0.2) is 34.4 Å². The lowest BCUT2D eigenvalue weighted by molar-refractivity contribution is 0.0893. The molecule has 2 rings (SSSR count). The summed E-state index contributed by atoms with van der Waals surface area (Å²) >= 11 is 0. The molecular weight excluding hydrogens is 212 g/mol. The molecule has 1 unspecified atom stereocenters. The van der Waals surface area contributed by atoms with E-state index in [1.807, 2.05) is 29.9 Å². The van der Waals surface area contributed by atoms with Crippen LogP contribution in [0.3, 0.4) is 0 Å². The highest BCUT2D eigenvalue weighted by Crippen LogP contribution is 2.16. The van der Waals surface area contributed by atoms with Crippen molar-refractivity contribution in [2.75, 3.05) is 13.1 Å². The van der Waals surface area contributed by atoms with E-state index in [1.165, 1.54) is 25.7 Å². The molecule has 1 atom stereocenters. The molecule has 0 saturated carbocycles. The molecule has 0 bridgehead atoms. The number of nitrogens with zero attached hydrogens (tertiary/aromatic N) is 2. The van der Waals surface area contributed by atoms with Gasteiger partial charge in [-0.2, -0.15) is 0 Å². The maximum absolute atomic E-state index is 12.2. The van der Waals surface area contributed by atoms with Gasteiger partial charge >= 0.3 is 0 Å². The fourth-order valence-electron chi connectivity index (χ4n) is 2.59. The van der Waals surface area contributed by atoms with Gasteiger partial charge < -0.3 is 4.57 Å². The Labute approximate surface area is 103 Å². The van der Waals surface area contributed by atoms with E-state index in [-0.39, 0.29) is 5.78 Å². The molecule has 1 fully saturated rings. The second-order valence-electron chi connectivity index (χ2n) is 5.10. The molecule has 0 aromatic carbocycles. The van der Waals surface area contributed by atoms with Crippen molar-refractivity contribution >= 4 is 5.78 Å². The molecule has 0 aliphatic carbocycles. The minimum absolute atomic E-state index is 0.242. The van der Waals surface area contributed by atoms with Gasteiger partial charge in [-0.3, -0.25) is 9.69 Å². The van der Waals surface area contributed by atoms with Crippen molar-refractivity contribution in [1.82, 2.24) is 9.47 Å². The summed E-state index contributed by atoms with van der Waals surface area (Å²) < 4.78 is 1.91. The van der Waals surface area contributed by atoms with Gasteiger partial charge in [0.1, 0.15) is 0 Å². The first-order valence-electron chi connectivity index (χ1n) is 6.57. The van der Waals surface area contributed by atoms with Gasteiger partial charge in [0.05, 0.1) is 12.2 Å². The number of likely N-dealkylation sites (tertiary alicyclic amines) is 1. The van der Waals surface area contributed by atoms with E-state index in [4.69, 9.17) is 0 Å². The third kappa shape index (κ3) is 2.97. The molecule has 1 aliphatic rings. The summed E-state index contributed by atoms with van der Waals surface area (Å²) in [5.41, 5.74) is 0.821. The van der Waals surface area contributed by atoms with E-state index in [0.29, 0.717) is 12.6 Å². The minimum atomic E-state index is 0.242. The number of carbonyl (C=O) groups is 1. The standard InChI is InChI=1S/C14H22N2O/c1-12-7-4-3-5-10-16(12)11-14(17)13-8-6-9-15(13)2/h6,8-9,12H,3-5,7,10-11H2,1-2H3. The molecule has 1 aromatic heterocycles. The fraction of sp³-hybridized carbons (Fsp3) is 0.643. The maximum Gasteiger partial charge on any atom is 0.193 e. The summed E-state index contributed by atoms with van der Waals surface area (Å²) in [5.74, 6) is 0.242.